The van der Waals surface area contributed by atoms with Crippen molar-refractivity contribution in [2.75, 3.05) is 5.32 Å². The average Bonchev–Trinajstić information content (AvgIpc) is 2.58. The molecule has 0 bridgehead atoms. The molecule has 0 fully saturated rings. The normalized spacial score (nSPS) is 9.94. The molecule has 1 aromatic rings. The molecular formula is C10H12F2N2O2. The number of oxazole rings is 1. The Morgan fingerprint density at radius 3 is 2.94 bits per heavy atom. The number of nitrogens with one attached hydrogen (secondary N) is 1. The minimum absolute atomic E-state index is 0.134. The number of hydrogen-bond acceptors (Lipinski definition) is 3. The highest BCUT2D eigenvalue weighted by atomic mass is 19.3. The van der Waals surface area contributed by atoms with Gasteiger partial charge in [-0.15, -0.1) is 0 Å². The molecule has 1 aromatic heterocycles. The summed E-state index contributed by atoms with van der Waals surface area (Å²) in [7, 11) is 0. The SMILES string of the molecule is Cc1cnc(NC(=O)CCCC=C(F)F)o1. The van der Waals surface area contributed by atoms with Crippen LogP contribution in [0, 0.1) is 6.92 Å². The van der Waals surface area contributed by atoms with Crippen LogP contribution in [-0.4, -0.2) is 10.9 Å². The third-order valence-electron chi connectivity index (χ3n) is 1.77. The van der Waals surface area contributed by atoms with E-state index < -0.39 is 6.08 Å². The minimum Gasteiger partial charge on any atom is -0.429 e. The highest BCUT2D eigenvalue weighted by molar-refractivity contribution is 5.88. The quantitative estimate of drug-likeness (QED) is 0.791. The topological polar surface area (TPSA) is 55.1 Å². The van der Waals surface area contributed by atoms with E-state index in [0.717, 1.165) is 6.08 Å². The van der Waals surface area contributed by atoms with Gasteiger partial charge in [0.15, 0.2) is 0 Å². The molecule has 1 N–H and O–H groups in total. The predicted octanol–water partition coefficient (Wildman–Crippen LogP) is 2.87. The first-order chi connectivity index (χ1) is 7.58. The van der Waals surface area contributed by atoms with E-state index in [1.807, 2.05) is 0 Å². The number of halogens is 2. The lowest BCUT2D eigenvalue weighted by atomic mass is 10.2. The Hall–Kier alpha value is -1.72. The van der Waals surface area contributed by atoms with Crippen LogP contribution in [0.25, 0.3) is 0 Å². The number of anilines is 1. The summed E-state index contributed by atoms with van der Waals surface area (Å²) in [6.45, 7) is 1.71. The van der Waals surface area contributed by atoms with Gasteiger partial charge >= 0.3 is 6.01 Å². The van der Waals surface area contributed by atoms with E-state index in [-0.39, 0.29) is 24.8 Å². The zero-order chi connectivity index (χ0) is 12.0. The van der Waals surface area contributed by atoms with Gasteiger partial charge in [0.1, 0.15) is 5.76 Å². The van der Waals surface area contributed by atoms with Gasteiger partial charge < -0.3 is 4.42 Å². The van der Waals surface area contributed by atoms with Gasteiger partial charge in [-0.05, 0) is 25.8 Å². The zero-order valence-electron chi connectivity index (χ0n) is 8.80. The Morgan fingerprint density at radius 2 is 2.38 bits per heavy atom. The summed E-state index contributed by atoms with van der Waals surface area (Å²) in [6, 6.07) is 0.134. The van der Waals surface area contributed by atoms with Gasteiger partial charge in [-0.25, -0.2) is 4.98 Å². The maximum atomic E-state index is 11.6. The third kappa shape index (κ3) is 4.68. The molecule has 0 unspecified atom stereocenters. The fourth-order valence-corrected chi connectivity index (χ4v) is 1.07. The first-order valence-electron chi connectivity index (χ1n) is 4.81. The third-order valence-corrected chi connectivity index (χ3v) is 1.77. The molecule has 0 aliphatic heterocycles. The van der Waals surface area contributed by atoms with Gasteiger partial charge in [-0.1, -0.05) is 0 Å². The monoisotopic (exact) mass is 230 g/mol. The van der Waals surface area contributed by atoms with Crippen LogP contribution in [0.5, 0.6) is 0 Å². The summed E-state index contributed by atoms with van der Waals surface area (Å²) in [5, 5.41) is 2.43. The summed E-state index contributed by atoms with van der Waals surface area (Å²) >= 11 is 0. The zero-order valence-corrected chi connectivity index (χ0v) is 8.80. The summed E-state index contributed by atoms with van der Waals surface area (Å²) < 4.78 is 28.3. The predicted molar refractivity (Wildman–Crippen MR) is 54.0 cm³/mol. The van der Waals surface area contributed by atoms with Gasteiger partial charge in [0.25, 0.3) is 6.08 Å². The summed E-state index contributed by atoms with van der Waals surface area (Å²) in [4.78, 5) is 15.0. The number of unbranched alkanes of at least 4 members (excludes halogenated alkanes) is 1. The number of amides is 1. The van der Waals surface area contributed by atoms with Crippen LogP contribution in [0.4, 0.5) is 14.8 Å². The van der Waals surface area contributed by atoms with Crippen LogP contribution in [-0.2, 0) is 4.79 Å². The molecule has 88 valence electrons. The lowest BCUT2D eigenvalue weighted by Gasteiger charge is -1.98. The highest BCUT2D eigenvalue weighted by Crippen LogP contribution is 2.09. The average molecular weight is 230 g/mol. The maximum absolute atomic E-state index is 11.6. The van der Waals surface area contributed by atoms with Crippen LogP contribution < -0.4 is 5.32 Å². The van der Waals surface area contributed by atoms with Crippen LogP contribution in [0.2, 0.25) is 0 Å². The molecule has 0 radical (unpaired) electrons. The number of rotatable bonds is 5. The molecule has 0 spiro atoms. The summed E-state index contributed by atoms with van der Waals surface area (Å²) in [5.74, 6) is 0.298. The second-order valence-electron chi connectivity index (χ2n) is 3.21. The van der Waals surface area contributed by atoms with E-state index in [9.17, 15) is 13.6 Å². The Labute approximate surface area is 91.4 Å². The van der Waals surface area contributed by atoms with Gasteiger partial charge in [0.2, 0.25) is 5.91 Å². The van der Waals surface area contributed by atoms with Gasteiger partial charge in [-0.3, -0.25) is 10.1 Å². The van der Waals surface area contributed by atoms with Crippen LogP contribution in [0.1, 0.15) is 25.0 Å². The molecule has 1 amide bonds. The second kappa shape index (κ2) is 5.99. The van der Waals surface area contributed by atoms with Gasteiger partial charge in [0.05, 0.1) is 6.20 Å². The first kappa shape index (κ1) is 12.4. The lowest BCUT2D eigenvalue weighted by Crippen LogP contribution is -2.10. The van der Waals surface area contributed by atoms with Crippen LogP contribution >= 0.6 is 0 Å². The van der Waals surface area contributed by atoms with E-state index in [0.29, 0.717) is 12.2 Å². The van der Waals surface area contributed by atoms with Crippen molar-refractivity contribution in [2.45, 2.75) is 26.2 Å². The van der Waals surface area contributed by atoms with Gasteiger partial charge in [-0.2, -0.15) is 8.78 Å². The fraction of sp³-hybridized carbons (Fsp3) is 0.400. The number of carbonyl (C=O) groups is 1. The molecule has 0 aliphatic carbocycles. The van der Waals surface area contributed by atoms with Crippen LogP contribution in [0.3, 0.4) is 0 Å². The molecule has 0 atom stereocenters. The Balaban J connectivity index is 2.24. The standard InChI is InChI=1S/C10H12F2N2O2/c1-7-6-13-10(16-7)14-9(15)5-3-2-4-8(11)12/h4,6H,2-3,5H2,1H3,(H,13,14,15). The minimum atomic E-state index is -1.72. The van der Waals surface area contributed by atoms with Gasteiger partial charge in [0, 0.05) is 6.42 Å². The largest absolute Gasteiger partial charge is 0.429 e. The van der Waals surface area contributed by atoms with Crippen molar-refractivity contribution < 1.29 is 18.0 Å². The van der Waals surface area contributed by atoms with Crippen molar-refractivity contribution in [3.8, 4) is 0 Å². The molecule has 1 rings (SSSR count). The molecular weight excluding hydrogens is 218 g/mol. The van der Waals surface area contributed by atoms with Crippen molar-refractivity contribution in [1.29, 1.82) is 0 Å². The van der Waals surface area contributed by atoms with E-state index in [4.69, 9.17) is 4.42 Å². The number of aromatic nitrogens is 1. The highest BCUT2D eigenvalue weighted by Gasteiger charge is 2.05. The molecule has 1 heterocycles. The molecule has 0 saturated carbocycles. The number of allylic oxidation sites excluding steroid dienone is 1. The Kier molecular flexibility index (Phi) is 4.63. The molecule has 4 nitrogen and oxygen atoms in total. The smallest absolute Gasteiger partial charge is 0.301 e. The van der Waals surface area contributed by atoms with Crippen molar-refractivity contribution in [3.63, 3.8) is 0 Å². The van der Waals surface area contributed by atoms with Crippen molar-refractivity contribution >= 4 is 11.9 Å². The molecule has 0 aromatic carbocycles. The molecule has 16 heavy (non-hydrogen) atoms. The number of aryl methyl sites for hydroxylation is 1. The molecule has 0 saturated heterocycles. The maximum Gasteiger partial charge on any atom is 0.301 e. The first-order valence-corrected chi connectivity index (χ1v) is 4.81. The Bertz CT molecular complexity index is 384. The van der Waals surface area contributed by atoms with Crippen molar-refractivity contribution in [2.24, 2.45) is 0 Å². The van der Waals surface area contributed by atoms with E-state index in [1.54, 1.807) is 6.92 Å². The molecule has 0 aliphatic rings. The Morgan fingerprint density at radius 1 is 1.62 bits per heavy atom. The number of hydrogen-bond donors (Lipinski definition) is 1. The fourth-order valence-electron chi connectivity index (χ4n) is 1.07. The summed E-state index contributed by atoms with van der Waals surface area (Å²) in [5.41, 5.74) is 0. The molecule has 6 heteroatoms. The van der Waals surface area contributed by atoms with E-state index >= 15 is 0 Å². The summed E-state index contributed by atoms with van der Waals surface area (Å²) in [6.07, 6.45) is 1.26. The second-order valence-corrected chi connectivity index (χ2v) is 3.21. The van der Waals surface area contributed by atoms with E-state index in [1.165, 1.54) is 6.20 Å². The van der Waals surface area contributed by atoms with Crippen LogP contribution in [0.15, 0.2) is 22.8 Å². The van der Waals surface area contributed by atoms with Crippen molar-refractivity contribution in [3.05, 3.63) is 24.1 Å². The van der Waals surface area contributed by atoms with Crippen molar-refractivity contribution in [1.82, 2.24) is 4.98 Å². The van der Waals surface area contributed by atoms with E-state index in [2.05, 4.69) is 10.3 Å². The number of nitrogens with zero attached hydrogens (tertiary/aromatic N) is 1. The lowest BCUT2D eigenvalue weighted by molar-refractivity contribution is -0.116. The number of carbonyl (C=O) groups excluding carboxylic acids is 1.